The molecule has 4 fully saturated rings. The number of fused-ring (bicyclic) bond motifs is 5. The Morgan fingerprint density at radius 2 is 1.67 bits per heavy atom. The molecule has 1 heteroatoms. The van der Waals surface area contributed by atoms with E-state index in [0.717, 1.165) is 29.6 Å². The Morgan fingerprint density at radius 3 is 2.48 bits per heavy atom. The Morgan fingerprint density at radius 1 is 0.857 bits per heavy atom. The van der Waals surface area contributed by atoms with E-state index in [9.17, 15) is 4.79 Å². The van der Waals surface area contributed by atoms with E-state index in [1.807, 2.05) is 6.92 Å². The lowest BCUT2D eigenvalue weighted by atomic mass is 9.49. The Balaban J connectivity index is 1.59. The number of Topliss-reactive ketones (excluding diaryl/α,β-unsaturated/α-hetero) is 1. The van der Waals surface area contributed by atoms with Gasteiger partial charge in [-0.25, -0.2) is 0 Å². The van der Waals surface area contributed by atoms with Gasteiger partial charge in [-0.15, -0.1) is 0 Å². The molecule has 4 aliphatic carbocycles. The second kappa shape index (κ2) is 5.10. The van der Waals surface area contributed by atoms with Crippen LogP contribution in [0.3, 0.4) is 0 Å². The topological polar surface area (TPSA) is 17.1 Å². The molecule has 0 aromatic rings. The molecule has 0 radical (unpaired) electrons. The van der Waals surface area contributed by atoms with Gasteiger partial charge in [0, 0.05) is 5.92 Å². The van der Waals surface area contributed by atoms with Gasteiger partial charge in [-0.2, -0.15) is 0 Å². The lowest BCUT2D eigenvalue weighted by molar-refractivity contribution is -0.128. The quantitative estimate of drug-likeness (QED) is 0.645. The van der Waals surface area contributed by atoms with Crippen LogP contribution in [0, 0.1) is 40.9 Å². The maximum absolute atomic E-state index is 12.1. The molecule has 4 saturated carbocycles. The second-order valence-corrected chi connectivity index (χ2v) is 9.01. The largest absolute Gasteiger partial charge is 0.300 e. The number of hydrogen-bond acceptors (Lipinski definition) is 1. The third-order valence-corrected chi connectivity index (χ3v) is 8.37. The average molecular weight is 288 g/mol. The SMILES string of the molecule is CC(=O)[C@H]1CC[C@H]2C3CC[C@@H]4CCCCC4[C@H]3CC[C@]12C. The van der Waals surface area contributed by atoms with Crippen molar-refractivity contribution in [3.8, 4) is 0 Å². The maximum Gasteiger partial charge on any atom is 0.133 e. The fourth-order valence-electron chi connectivity index (χ4n) is 7.50. The molecule has 0 bridgehead atoms. The van der Waals surface area contributed by atoms with Gasteiger partial charge in [-0.1, -0.05) is 26.2 Å². The third kappa shape index (κ3) is 2.05. The predicted octanol–water partition coefficient (Wildman–Crippen LogP) is 5.23. The summed E-state index contributed by atoms with van der Waals surface area (Å²) in [5, 5.41) is 0. The molecule has 4 rings (SSSR count). The zero-order valence-corrected chi connectivity index (χ0v) is 13.9. The Kier molecular flexibility index (Phi) is 3.47. The van der Waals surface area contributed by atoms with Gasteiger partial charge in [0.25, 0.3) is 0 Å². The van der Waals surface area contributed by atoms with Crippen LogP contribution in [-0.2, 0) is 4.79 Å². The summed E-state index contributed by atoms with van der Waals surface area (Å²) in [5.74, 6) is 5.83. The van der Waals surface area contributed by atoms with E-state index in [1.54, 1.807) is 0 Å². The van der Waals surface area contributed by atoms with Crippen LogP contribution in [0.5, 0.6) is 0 Å². The number of ketones is 1. The normalized spacial score (nSPS) is 52.7. The number of carbonyl (C=O) groups excluding carboxylic acids is 1. The molecule has 0 heterocycles. The molecule has 0 aliphatic heterocycles. The van der Waals surface area contributed by atoms with Gasteiger partial charge in [0.2, 0.25) is 0 Å². The van der Waals surface area contributed by atoms with Crippen molar-refractivity contribution in [3.05, 3.63) is 0 Å². The number of carbonyl (C=O) groups is 1. The number of rotatable bonds is 1. The minimum Gasteiger partial charge on any atom is -0.300 e. The van der Waals surface area contributed by atoms with Crippen molar-refractivity contribution < 1.29 is 4.79 Å². The van der Waals surface area contributed by atoms with Gasteiger partial charge in [-0.05, 0) is 86.9 Å². The van der Waals surface area contributed by atoms with Crippen LogP contribution < -0.4 is 0 Å². The Bertz CT molecular complexity index is 428. The predicted molar refractivity (Wildman–Crippen MR) is 85.9 cm³/mol. The van der Waals surface area contributed by atoms with Crippen molar-refractivity contribution >= 4 is 5.78 Å². The second-order valence-electron chi connectivity index (χ2n) is 9.01. The van der Waals surface area contributed by atoms with Gasteiger partial charge >= 0.3 is 0 Å². The fourth-order valence-corrected chi connectivity index (χ4v) is 7.50. The fraction of sp³-hybridized carbons (Fsp3) is 0.950. The molecule has 0 N–H and O–H groups in total. The van der Waals surface area contributed by atoms with Gasteiger partial charge in [-0.3, -0.25) is 4.79 Å². The highest BCUT2D eigenvalue weighted by molar-refractivity contribution is 5.79. The summed E-state index contributed by atoms with van der Waals surface area (Å²) in [4.78, 5) is 12.1. The lowest BCUT2D eigenvalue weighted by Crippen LogP contribution is -2.48. The molecule has 21 heavy (non-hydrogen) atoms. The summed E-state index contributed by atoms with van der Waals surface area (Å²) in [6, 6.07) is 0. The molecular weight excluding hydrogens is 256 g/mol. The van der Waals surface area contributed by atoms with Gasteiger partial charge in [0.15, 0.2) is 0 Å². The van der Waals surface area contributed by atoms with Crippen molar-refractivity contribution in [3.63, 3.8) is 0 Å². The highest BCUT2D eigenvalue weighted by Gasteiger charge is 2.57. The first kappa shape index (κ1) is 14.3. The first-order valence-corrected chi connectivity index (χ1v) is 9.61. The zero-order valence-electron chi connectivity index (χ0n) is 13.9. The highest BCUT2D eigenvalue weighted by Crippen LogP contribution is 2.64. The summed E-state index contributed by atoms with van der Waals surface area (Å²) in [6.45, 7) is 4.32. The van der Waals surface area contributed by atoms with Crippen LogP contribution in [0.4, 0.5) is 0 Å². The van der Waals surface area contributed by atoms with Crippen molar-refractivity contribution in [2.24, 2.45) is 40.9 Å². The molecule has 118 valence electrons. The van der Waals surface area contributed by atoms with Gasteiger partial charge in [0.1, 0.15) is 5.78 Å². The van der Waals surface area contributed by atoms with E-state index in [-0.39, 0.29) is 0 Å². The zero-order chi connectivity index (χ0) is 14.6. The lowest BCUT2D eigenvalue weighted by Gasteiger charge is -2.55. The monoisotopic (exact) mass is 288 g/mol. The minimum absolute atomic E-state index is 0.356. The van der Waals surface area contributed by atoms with Crippen LogP contribution in [-0.4, -0.2) is 5.78 Å². The molecule has 7 atom stereocenters. The van der Waals surface area contributed by atoms with Crippen LogP contribution in [0.2, 0.25) is 0 Å². The van der Waals surface area contributed by atoms with Gasteiger partial charge in [0.05, 0.1) is 0 Å². The summed E-state index contributed by atoms with van der Waals surface area (Å²) >= 11 is 0. The molecule has 0 spiro atoms. The van der Waals surface area contributed by atoms with E-state index in [4.69, 9.17) is 0 Å². The Labute approximate surface area is 130 Å². The molecule has 0 amide bonds. The van der Waals surface area contributed by atoms with E-state index in [1.165, 1.54) is 64.2 Å². The molecular formula is C20H32O. The van der Waals surface area contributed by atoms with Crippen LogP contribution in [0.1, 0.15) is 78.1 Å². The summed E-state index contributed by atoms with van der Waals surface area (Å²) in [5.41, 5.74) is 0.356. The number of hydrogen-bond donors (Lipinski definition) is 0. The molecule has 0 saturated heterocycles. The van der Waals surface area contributed by atoms with E-state index in [0.29, 0.717) is 17.1 Å². The third-order valence-electron chi connectivity index (χ3n) is 8.37. The smallest absolute Gasteiger partial charge is 0.133 e. The van der Waals surface area contributed by atoms with Crippen LogP contribution >= 0.6 is 0 Å². The van der Waals surface area contributed by atoms with Crippen LogP contribution in [0.15, 0.2) is 0 Å². The first-order chi connectivity index (χ1) is 10.1. The Hall–Kier alpha value is -0.330. The molecule has 1 nitrogen and oxygen atoms in total. The summed E-state index contributed by atoms with van der Waals surface area (Å²) < 4.78 is 0. The van der Waals surface area contributed by atoms with E-state index >= 15 is 0 Å². The molecule has 0 aromatic carbocycles. The van der Waals surface area contributed by atoms with Crippen molar-refractivity contribution in [2.45, 2.75) is 78.1 Å². The van der Waals surface area contributed by atoms with Gasteiger partial charge < -0.3 is 0 Å². The van der Waals surface area contributed by atoms with E-state index in [2.05, 4.69) is 6.92 Å². The summed E-state index contributed by atoms with van der Waals surface area (Å²) in [7, 11) is 0. The first-order valence-electron chi connectivity index (χ1n) is 9.61. The average Bonchev–Trinajstić information content (AvgIpc) is 2.84. The van der Waals surface area contributed by atoms with Crippen molar-refractivity contribution in [1.29, 1.82) is 0 Å². The maximum atomic E-state index is 12.1. The molecule has 2 unspecified atom stereocenters. The summed E-state index contributed by atoms with van der Waals surface area (Å²) in [6.07, 6.45) is 14.3. The van der Waals surface area contributed by atoms with Crippen LogP contribution in [0.25, 0.3) is 0 Å². The molecule has 4 aliphatic rings. The van der Waals surface area contributed by atoms with E-state index < -0.39 is 0 Å². The highest BCUT2D eigenvalue weighted by atomic mass is 16.1. The standard InChI is InChI=1S/C20H32O/c1-13(21)18-9-10-19-17-8-7-14-5-3-4-6-15(14)16(17)11-12-20(18,19)2/h14-19H,3-12H2,1-2H3/t14-,15?,16+,17?,18+,19-,20+/m0/s1. The van der Waals surface area contributed by atoms with Crippen molar-refractivity contribution in [2.75, 3.05) is 0 Å². The molecule has 0 aromatic heterocycles. The van der Waals surface area contributed by atoms with Crippen molar-refractivity contribution in [1.82, 2.24) is 0 Å². The minimum atomic E-state index is 0.356.